The minimum absolute atomic E-state index is 0.0330. The number of hydrogen-bond donors (Lipinski definition) is 3. The standard InChI is InChI=1S/C11H15NO4/c1-7(13)4-5-16-11(15)9-6-8(12)2-3-10(9)14/h2-3,6-7,13-14H,4-5,12H2,1H3. The summed E-state index contributed by atoms with van der Waals surface area (Å²) in [5.41, 5.74) is 5.89. The molecule has 5 nitrogen and oxygen atoms in total. The van der Waals surface area contributed by atoms with E-state index in [0.717, 1.165) is 0 Å². The van der Waals surface area contributed by atoms with E-state index in [4.69, 9.17) is 15.6 Å². The third-order valence-corrected chi connectivity index (χ3v) is 2.01. The highest BCUT2D eigenvalue weighted by molar-refractivity contribution is 5.93. The van der Waals surface area contributed by atoms with Crippen LogP contribution in [-0.4, -0.2) is 28.9 Å². The van der Waals surface area contributed by atoms with Gasteiger partial charge in [0.05, 0.1) is 12.7 Å². The SMILES string of the molecule is CC(O)CCOC(=O)c1cc(N)ccc1O. The number of esters is 1. The van der Waals surface area contributed by atoms with E-state index >= 15 is 0 Å². The van der Waals surface area contributed by atoms with Gasteiger partial charge in [-0.05, 0) is 25.1 Å². The lowest BCUT2D eigenvalue weighted by Crippen LogP contribution is -2.11. The average Bonchev–Trinajstić information content (AvgIpc) is 2.21. The molecule has 0 heterocycles. The van der Waals surface area contributed by atoms with Crippen LogP contribution in [0, 0.1) is 0 Å². The number of ether oxygens (including phenoxy) is 1. The van der Waals surface area contributed by atoms with Gasteiger partial charge in [-0.1, -0.05) is 0 Å². The smallest absolute Gasteiger partial charge is 0.341 e. The normalized spacial score (nSPS) is 12.1. The number of anilines is 1. The number of aliphatic hydroxyl groups is 1. The maximum absolute atomic E-state index is 11.5. The molecule has 0 bridgehead atoms. The molecule has 0 aliphatic rings. The summed E-state index contributed by atoms with van der Waals surface area (Å²) in [5, 5.41) is 18.4. The first-order valence-corrected chi connectivity index (χ1v) is 4.94. The van der Waals surface area contributed by atoms with E-state index in [0.29, 0.717) is 12.1 Å². The van der Waals surface area contributed by atoms with Gasteiger partial charge in [-0.2, -0.15) is 0 Å². The molecule has 0 fully saturated rings. The third-order valence-electron chi connectivity index (χ3n) is 2.01. The Labute approximate surface area is 93.5 Å². The van der Waals surface area contributed by atoms with Crippen LogP contribution in [0.4, 0.5) is 5.69 Å². The van der Waals surface area contributed by atoms with E-state index < -0.39 is 12.1 Å². The quantitative estimate of drug-likeness (QED) is 0.402. The lowest BCUT2D eigenvalue weighted by Gasteiger charge is -2.08. The molecule has 0 saturated carbocycles. The molecule has 1 unspecified atom stereocenters. The highest BCUT2D eigenvalue weighted by Gasteiger charge is 2.13. The summed E-state index contributed by atoms with van der Waals surface area (Å²) in [6.45, 7) is 1.70. The molecule has 0 aromatic heterocycles. The van der Waals surface area contributed by atoms with Crippen molar-refractivity contribution in [2.75, 3.05) is 12.3 Å². The number of phenols is 1. The molecule has 4 N–H and O–H groups in total. The number of aromatic hydroxyl groups is 1. The van der Waals surface area contributed by atoms with Crippen LogP contribution in [0.1, 0.15) is 23.7 Å². The summed E-state index contributed by atoms with van der Waals surface area (Å²) in [6.07, 6.45) is -0.170. The second-order valence-corrected chi connectivity index (χ2v) is 3.55. The van der Waals surface area contributed by atoms with Crippen LogP contribution in [0.25, 0.3) is 0 Å². The van der Waals surface area contributed by atoms with Crippen LogP contribution in [0.3, 0.4) is 0 Å². The highest BCUT2D eigenvalue weighted by atomic mass is 16.5. The number of carbonyl (C=O) groups excluding carboxylic acids is 1. The molecule has 1 atom stereocenters. The first kappa shape index (κ1) is 12.3. The van der Waals surface area contributed by atoms with E-state index in [1.807, 2.05) is 0 Å². The molecule has 16 heavy (non-hydrogen) atoms. The Bertz CT molecular complexity index is 376. The van der Waals surface area contributed by atoms with Gasteiger partial charge in [0.1, 0.15) is 11.3 Å². The number of aliphatic hydroxyl groups excluding tert-OH is 1. The Morgan fingerprint density at radius 1 is 1.56 bits per heavy atom. The molecule has 0 spiro atoms. The number of phenolic OH excluding ortho intramolecular Hbond substituents is 1. The maximum Gasteiger partial charge on any atom is 0.341 e. The Morgan fingerprint density at radius 2 is 2.25 bits per heavy atom. The minimum Gasteiger partial charge on any atom is -0.507 e. The number of nitrogens with two attached hydrogens (primary N) is 1. The Balaban J connectivity index is 2.62. The van der Waals surface area contributed by atoms with Crippen molar-refractivity contribution in [3.8, 4) is 5.75 Å². The fourth-order valence-electron chi connectivity index (χ4n) is 1.12. The van der Waals surface area contributed by atoms with Crippen molar-refractivity contribution in [1.29, 1.82) is 0 Å². The lowest BCUT2D eigenvalue weighted by atomic mass is 10.2. The third kappa shape index (κ3) is 3.43. The van der Waals surface area contributed by atoms with Crippen molar-refractivity contribution >= 4 is 11.7 Å². The fourth-order valence-corrected chi connectivity index (χ4v) is 1.12. The van der Waals surface area contributed by atoms with Crippen LogP contribution in [0.5, 0.6) is 5.75 Å². The number of benzene rings is 1. The lowest BCUT2D eigenvalue weighted by molar-refractivity contribution is 0.0441. The monoisotopic (exact) mass is 225 g/mol. The van der Waals surface area contributed by atoms with Crippen LogP contribution in [-0.2, 0) is 4.74 Å². The second kappa shape index (κ2) is 5.37. The van der Waals surface area contributed by atoms with E-state index in [2.05, 4.69) is 0 Å². The molecule has 1 aromatic rings. The van der Waals surface area contributed by atoms with Crippen LogP contribution < -0.4 is 5.73 Å². The molecule has 0 radical (unpaired) electrons. The molecule has 1 rings (SSSR count). The van der Waals surface area contributed by atoms with Gasteiger partial charge in [0.25, 0.3) is 0 Å². The number of hydrogen-bond acceptors (Lipinski definition) is 5. The Kier molecular flexibility index (Phi) is 4.13. The van der Waals surface area contributed by atoms with Gasteiger partial charge in [0, 0.05) is 12.1 Å². The van der Waals surface area contributed by atoms with E-state index in [1.165, 1.54) is 18.2 Å². The summed E-state index contributed by atoms with van der Waals surface area (Å²) in [5.74, 6) is -0.818. The van der Waals surface area contributed by atoms with Gasteiger partial charge in [0.2, 0.25) is 0 Å². The van der Waals surface area contributed by atoms with Crippen molar-refractivity contribution in [2.24, 2.45) is 0 Å². The summed E-state index contributed by atoms with van der Waals surface area (Å²) in [7, 11) is 0. The summed E-state index contributed by atoms with van der Waals surface area (Å²) >= 11 is 0. The van der Waals surface area contributed by atoms with Crippen LogP contribution in [0.15, 0.2) is 18.2 Å². The number of rotatable bonds is 4. The number of nitrogen functional groups attached to an aromatic ring is 1. The van der Waals surface area contributed by atoms with Crippen molar-refractivity contribution in [3.05, 3.63) is 23.8 Å². The summed E-state index contributed by atoms with van der Waals surface area (Å²) in [6, 6.07) is 4.17. The Hall–Kier alpha value is -1.75. The molecule has 0 saturated heterocycles. The average molecular weight is 225 g/mol. The summed E-state index contributed by atoms with van der Waals surface area (Å²) in [4.78, 5) is 11.5. The van der Waals surface area contributed by atoms with Crippen LogP contribution in [0.2, 0.25) is 0 Å². The zero-order valence-corrected chi connectivity index (χ0v) is 9.01. The van der Waals surface area contributed by atoms with E-state index in [1.54, 1.807) is 6.92 Å². The van der Waals surface area contributed by atoms with Crippen molar-refractivity contribution in [1.82, 2.24) is 0 Å². The maximum atomic E-state index is 11.5. The molecule has 0 amide bonds. The van der Waals surface area contributed by atoms with Gasteiger partial charge < -0.3 is 20.7 Å². The van der Waals surface area contributed by atoms with E-state index in [9.17, 15) is 9.90 Å². The predicted octanol–water partition coefficient (Wildman–Crippen LogP) is 0.902. The van der Waals surface area contributed by atoms with Crippen LogP contribution >= 0.6 is 0 Å². The molecular weight excluding hydrogens is 210 g/mol. The number of carbonyl (C=O) groups is 1. The van der Waals surface area contributed by atoms with Crippen molar-refractivity contribution in [3.63, 3.8) is 0 Å². The van der Waals surface area contributed by atoms with Gasteiger partial charge in [-0.25, -0.2) is 4.79 Å². The Morgan fingerprint density at radius 3 is 2.88 bits per heavy atom. The van der Waals surface area contributed by atoms with Gasteiger partial charge in [0.15, 0.2) is 0 Å². The fraction of sp³-hybridized carbons (Fsp3) is 0.364. The van der Waals surface area contributed by atoms with Gasteiger partial charge in [-0.15, -0.1) is 0 Å². The zero-order valence-electron chi connectivity index (χ0n) is 9.01. The first-order valence-electron chi connectivity index (χ1n) is 4.94. The molecule has 0 aliphatic heterocycles. The first-order chi connectivity index (χ1) is 7.50. The molecule has 5 heteroatoms. The van der Waals surface area contributed by atoms with Gasteiger partial charge >= 0.3 is 5.97 Å². The molecule has 1 aromatic carbocycles. The highest BCUT2D eigenvalue weighted by Crippen LogP contribution is 2.20. The summed E-state index contributed by atoms with van der Waals surface area (Å²) < 4.78 is 4.86. The van der Waals surface area contributed by atoms with Gasteiger partial charge in [-0.3, -0.25) is 0 Å². The zero-order chi connectivity index (χ0) is 12.1. The van der Waals surface area contributed by atoms with Crippen molar-refractivity contribution < 1.29 is 19.7 Å². The van der Waals surface area contributed by atoms with E-state index in [-0.39, 0.29) is 17.9 Å². The largest absolute Gasteiger partial charge is 0.507 e. The minimum atomic E-state index is -0.648. The molecule has 88 valence electrons. The van der Waals surface area contributed by atoms with Crippen molar-refractivity contribution in [2.45, 2.75) is 19.4 Å². The second-order valence-electron chi connectivity index (χ2n) is 3.55. The predicted molar refractivity (Wildman–Crippen MR) is 59.1 cm³/mol. The molecular formula is C11H15NO4. The topological polar surface area (TPSA) is 92.8 Å². The molecule has 0 aliphatic carbocycles.